The zero-order chi connectivity index (χ0) is 14.9. The Balaban J connectivity index is 1.72. The molecule has 2 N–H and O–H groups in total. The van der Waals surface area contributed by atoms with Crippen LogP contribution in [0.25, 0.3) is 0 Å². The van der Waals surface area contributed by atoms with E-state index in [9.17, 15) is 5.11 Å². The zero-order valence-electron chi connectivity index (χ0n) is 12.5. The van der Waals surface area contributed by atoms with Crippen LogP contribution < -0.4 is 5.32 Å². The molecule has 1 aliphatic rings. The van der Waals surface area contributed by atoms with Crippen molar-refractivity contribution in [1.82, 2.24) is 15.2 Å². The van der Waals surface area contributed by atoms with Gasteiger partial charge >= 0.3 is 0 Å². The summed E-state index contributed by atoms with van der Waals surface area (Å²) >= 11 is 3.49. The molecule has 21 heavy (non-hydrogen) atoms. The van der Waals surface area contributed by atoms with Crippen molar-refractivity contribution in [3.05, 3.63) is 11.6 Å². The predicted octanol–water partition coefficient (Wildman–Crippen LogP) is 2.05. The smallest absolute Gasteiger partial charge is 0.193 e. The van der Waals surface area contributed by atoms with Gasteiger partial charge < -0.3 is 15.3 Å². The number of hydrogen-bond donors (Lipinski definition) is 2. The molecule has 0 bridgehead atoms. The van der Waals surface area contributed by atoms with Gasteiger partial charge in [0.05, 0.1) is 6.10 Å². The number of guanidine groups is 1. The van der Waals surface area contributed by atoms with Gasteiger partial charge in [-0.2, -0.15) is 0 Å². The van der Waals surface area contributed by atoms with E-state index < -0.39 is 0 Å². The quantitative estimate of drug-likeness (QED) is 0.362. The minimum atomic E-state index is -0.140. The minimum Gasteiger partial charge on any atom is -0.393 e. The Kier molecular flexibility index (Phi) is 7.32. The van der Waals surface area contributed by atoms with Crippen LogP contribution in [0.15, 0.2) is 20.9 Å². The second-order valence-corrected chi connectivity index (χ2v) is 7.19. The summed E-state index contributed by atoms with van der Waals surface area (Å²) in [6.07, 6.45) is 4.43. The van der Waals surface area contributed by atoms with E-state index in [2.05, 4.69) is 22.1 Å². The van der Waals surface area contributed by atoms with Crippen molar-refractivity contribution in [3.8, 4) is 0 Å². The number of aliphatic hydroxyl groups excluding tert-OH is 1. The van der Waals surface area contributed by atoms with Gasteiger partial charge in [0.15, 0.2) is 5.96 Å². The first-order valence-corrected chi connectivity index (χ1v) is 9.39. The van der Waals surface area contributed by atoms with Crippen LogP contribution in [0.1, 0.15) is 26.2 Å². The van der Waals surface area contributed by atoms with Crippen molar-refractivity contribution in [3.63, 3.8) is 0 Å². The minimum absolute atomic E-state index is 0.140. The van der Waals surface area contributed by atoms with Crippen LogP contribution in [0.2, 0.25) is 0 Å². The molecule has 0 radical (unpaired) electrons. The van der Waals surface area contributed by atoms with Crippen LogP contribution in [0.3, 0.4) is 0 Å². The highest BCUT2D eigenvalue weighted by molar-refractivity contribution is 8.00. The second-order valence-electron chi connectivity index (χ2n) is 4.95. The highest BCUT2D eigenvalue weighted by Gasteiger charge is 2.19. The zero-order valence-corrected chi connectivity index (χ0v) is 14.1. The third-order valence-corrected chi connectivity index (χ3v) is 5.35. The number of aliphatic imine (C=N–C) groups is 1. The maximum Gasteiger partial charge on any atom is 0.193 e. The molecule has 0 aromatic carbocycles. The molecule has 2 rings (SSSR count). The van der Waals surface area contributed by atoms with Crippen molar-refractivity contribution in [2.75, 3.05) is 31.9 Å². The fraction of sp³-hybridized carbons (Fsp3) is 0.714. The van der Waals surface area contributed by atoms with E-state index in [1.807, 2.05) is 11.6 Å². The largest absolute Gasteiger partial charge is 0.393 e. The van der Waals surface area contributed by atoms with Crippen LogP contribution in [-0.2, 0) is 0 Å². The van der Waals surface area contributed by atoms with E-state index in [1.165, 1.54) is 0 Å². The number of piperidine rings is 1. The monoisotopic (exact) mass is 328 g/mol. The van der Waals surface area contributed by atoms with Crippen LogP contribution in [0.5, 0.6) is 0 Å². The molecule has 0 unspecified atom stereocenters. The average Bonchev–Trinajstić information content (AvgIpc) is 3.00. The Bertz CT molecular complexity index is 417. The van der Waals surface area contributed by atoms with Crippen LogP contribution in [0, 0.1) is 0 Å². The highest BCUT2D eigenvalue weighted by atomic mass is 32.2. The molecule has 0 amide bonds. The summed E-state index contributed by atoms with van der Waals surface area (Å²) in [6, 6.07) is 0. The summed E-state index contributed by atoms with van der Waals surface area (Å²) in [6.45, 7) is 5.58. The topological polar surface area (TPSA) is 60.8 Å². The molecule has 7 heteroatoms. The fourth-order valence-electron chi connectivity index (χ4n) is 2.19. The summed E-state index contributed by atoms with van der Waals surface area (Å²) in [4.78, 5) is 11.2. The number of thiazole rings is 1. The Morgan fingerprint density at radius 1 is 1.57 bits per heavy atom. The molecule has 1 fully saturated rings. The number of nitrogens with one attached hydrogen (secondary N) is 1. The highest BCUT2D eigenvalue weighted by Crippen LogP contribution is 2.20. The Hall–Kier alpha value is -0.790. The lowest BCUT2D eigenvalue weighted by Crippen LogP contribution is -2.46. The first-order chi connectivity index (χ1) is 10.3. The molecule has 2 heterocycles. The molecule has 0 atom stereocenters. The van der Waals surface area contributed by atoms with Gasteiger partial charge in [-0.1, -0.05) is 11.8 Å². The average molecular weight is 329 g/mol. The SMILES string of the molecule is CCNC(=NCCCSc1nccs1)N1CCC(O)CC1. The van der Waals surface area contributed by atoms with E-state index >= 15 is 0 Å². The van der Waals surface area contributed by atoms with Crippen LogP contribution >= 0.6 is 23.1 Å². The standard InChI is InChI=1S/C14H24N4OS2/c1-2-15-13(18-8-4-12(19)5-9-18)16-6-3-10-20-14-17-7-11-21-14/h7,11-12,19H,2-6,8-10H2,1H3,(H,15,16). The van der Waals surface area contributed by atoms with Crippen molar-refractivity contribution in [1.29, 1.82) is 0 Å². The lowest BCUT2D eigenvalue weighted by atomic mass is 10.1. The summed E-state index contributed by atoms with van der Waals surface area (Å²) in [5.74, 6) is 2.04. The number of thioether (sulfide) groups is 1. The van der Waals surface area contributed by atoms with E-state index in [1.54, 1.807) is 23.1 Å². The lowest BCUT2D eigenvalue weighted by molar-refractivity contribution is 0.108. The second kappa shape index (κ2) is 9.27. The van der Waals surface area contributed by atoms with Gasteiger partial charge in [0.1, 0.15) is 4.34 Å². The molecule has 0 aliphatic carbocycles. The van der Waals surface area contributed by atoms with E-state index in [0.717, 1.165) is 61.5 Å². The maximum absolute atomic E-state index is 9.58. The van der Waals surface area contributed by atoms with Gasteiger partial charge in [-0.15, -0.1) is 11.3 Å². The molecule has 1 aromatic heterocycles. The van der Waals surface area contributed by atoms with Gasteiger partial charge in [-0.05, 0) is 26.2 Å². The van der Waals surface area contributed by atoms with Gasteiger partial charge in [0.2, 0.25) is 0 Å². The molecule has 118 valence electrons. The molecule has 5 nitrogen and oxygen atoms in total. The van der Waals surface area contributed by atoms with E-state index in [0.29, 0.717) is 0 Å². The van der Waals surface area contributed by atoms with Gasteiger partial charge in [-0.25, -0.2) is 4.98 Å². The molecular formula is C14H24N4OS2. The van der Waals surface area contributed by atoms with Crippen molar-refractivity contribution in [2.24, 2.45) is 4.99 Å². The number of aromatic nitrogens is 1. The summed E-state index contributed by atoms with van der Waals surface area (Å²) in [5, 5.41) is 14.9. The van der Waals surface area contributed by atoms with Crippen molar-refractivity contribution < 1.29 is 5.11 Å². The van der Waals surface area contributed by atoms with E-state index in [-0.39, 0.29) is 6.10 Å². The van der Waals surface area contributed by atoms with Crippen LogP contribution in [0.4, 0.5) is 0 Å². The Labute approximate surface area is 134 Å². The molecule has 1 aromatic rings. The molecular weight excluding hydrogens is 304 g/mol. The summed E-state index contributed by atoms with van der Waals surface area (Å²) in [5.41, 5.74) is 0. The van der Waals surface area contributed by atoms with Gasteiger partial charge in [0, 0.05) is 43.5 Å². The van der Waals surface area contributed by atoms with Gasteiger partial charge in [-0.3, -0.25) is 4.99 Å². The lowest BCUT2D eigenvalue weighted by Gasteiger charge is -2.32. The number of nitrogens with zero attached hydrogens (tertiary/aromatic N) is 3. The third-order valence-electron chi connectivity index (χ3n) is 3.30. The predicted molar refractivity (Wildman–Crippen MR) is 90.2 cm³/mol. The number of hydrogen-bond acceptors (Lipinski definition) is 5. The summed E-state index contributed by atoms with van der Waals surface area (Å²) < 4.78 is 1.14. The molecule has 0 spiro atoms. The molecule has 0 saturated carbocycles. The van der Waals surface area contributed by atoms with E-state index in [4.69, 9.17) is 4.99 Å². The fourth-order valence-corrected chi connectivity index (χ4v) is 3.83. The van der Waals surface area contributed by atoms with Crippen molar-refractivity contribution in [2.45, 2.75) is 36.6 Å². The number of rotatable bonds is 6. The third kappa shape index (κ3) is 5.84. The molecule has 1 aliphatic heterocycles. The van der Waals surface area contributed by atoms with Crippen LogP contribution in [-0.4, -0.2) is 59.0 Å². The Morgan fingerprint density at radius 3 is 3.05 bits per heavy atom. The maximum atomic E-state index is 9.58. The van der Waals surface area contributed by atoms with Gasteiger partial charge in [0.25, 0.3) is 0 Å². The summed E-state index contributed by atoms with van der Waals surface area (Å²) in [7, 11) is 0. The number of aliphatic hydroxyl groups is 1. The first kappa shape index (κ1) is 16.6. The normalized spacial score (nSPS) is 17.2. The number of likely N-dealkylation sites (tertiary alicyclic amines) is 1. The Morgan fingerprint density at radius 2 is 2.38 bits per heavy atom. The molecule has 1 saturated heterocycles. The van der Waals surface area contributed by atoms with Crippen molar-refractivity contribution >= 4 is 29.1 Å². The first-order valence-electron chi connectivity index (χ1n) is 7.53.